The van der Waals surface area contributed by atoms with Gasteiger partial charge in [-0.05, 0) is 20.3 Å². The normalized spacial score (nSPS) is 16.7. The average Bonchev–Trinajstić information content (AvgIpc) is 3.20. The van der Waals surface area contributed by atoms with Crippen molar-refractivity contribution in [2.75, 3.05) is 31.5 Å². The van der Waals surface area contributed by atoms with Gasteiger partial charge in [-0.3, -0.25) is 10.2 Å². The maximum absolute atomic E-state index is 12.7. The number of nitrogens with zero attached hydrogens (tertiary/aromatic N) is 6. The SMILES string of the molecule is CCC(C)n1nc(C)cc1NC(=O)N1CCN(Cc2nccn2C)CC1. The van der Waals surface area contributed by atoms with Crippen molar-refractivity contribution in [2.45, 2.75) is 39.8 Å². The number of aryl methyl sites for hydroxylation is 2. The van der Waals surface area contributed by atoms with E-state index in [0.29, 0.717) is 13.1 Å². The Balaban J connectivity index is 1.55. The molecule has 0 saturated carbocycles. The number of urea groups is 1. The Kier molecular flexibility index (Phi) is 5.61. The molecule has 1 aliphatic rings. The van der Waals surface area contributed by atoms with Crippen molar-refractivity contribution in [1.29, 1.82) is 0 Å². The largest absolute Gasteiger partial charge is 0.337 e. The van der Waals surface area contributed by atoms with E-state index in [1.807, 2.05) is 46.6 Å². The third-order valence-corrected chi connectivity index (χ3v) is 5.05. The number of carbonyl (C=O) groups excluding carboxylic acids is 1. The van der Waals surface area contributed by atoms with Crippen LogP contribution in [0, 0.1) is 6.92 Å². The van der Waals surface area contributed by atoms with Crippen LogP contribution < -0.4 is 5.32 Å². The Bertz CT molecular complexity index is 743. The topological polar surface area (TPSA) is 71.2 Å². The van der Waals surface area contributed by atoms with Crippen molar-refractivity contribution in [2.24, 2.45) is 7.05 Å². The van der Waals surface area contributed by atoms with Crippen molar-refractivity contribution in [3.63, 3.8) is 0 Å². The fourth-order valence-electron chi connectivity index (χ4n) is 3.17. The van der Waals surface area contributed by atoms with Crippen molar-refractivity contribution < 1.29 is 4.79 Å². The molecule has 2 aromatic rings. The van der Waals surface area contributed by atoms with Gasteiger partial charge in [0.05, 0.1) is 18.3 Å². The molecule has 8 nitrogen and oxygen atoms in total. The molecule has 0 aliphatic carbocycles. The first-order chi connectivity index (χ1) is 12.5. The minimum Gasteiger partial charge on any atom is -0.337 e. The third kappa shape index (κ3) is 4.07. The molecular weight excluding hydrogens is 330 g/mol. The van der Waals surface area contributed by atoms with Crippen molar-refractivity contribution in [3.05, 3.63) is 30.0 Å². The number of nitrogens with one attached hydrogen (secondary N) is 1. The Morgan fingerprint density at radius 1 is 1.31 bits per heavy atom. The molecule has 3 rings (SSSR count). The first kappa shape index (κ1) is 18.4. The molecule has 26 heavy (non-hydrogen) atoms. The molecule has 1 saturated heterocycles. The lowest BCUT2D eigenvalue weighted by Gasteiger charge is -2.34. The second-order valence-corrected chi connectivity index (χ2v) is 7.02. The summed E-state index contributed by atoms with van der Waals surface area (Å²) in [5.74, 6) is 1.83. The molecule has 1 fully saturated rings. The second-order valence-electron chi connectivity index (χ2n) is 7.02. The van der Waals surface area contributed by atoms with E-state index >= 15 is 0 Å². The molecular formula is C18H29N7O. The highest BCUT2D eigenvalue weighted by Gasteiger charge is 2.23. The van der Waals surface area contributed by atoms with Gasteiger partial charge in [0.25, 0.3) is 0 Å². The molecule has 2 amide bonds. The molecule has 0 bridgehead atoms. The molecule has 8 heteroatoms. The van der Waals surface area contributed by atoms with Gasteiger partial charge < -0.3 is 9.47 Å². The summed E-state index contributed by atoms with van der Waals surface area (Å²) in [6.07, 6.45) is 4.75. The summed E-state index contributed by atoms with van der Waals surface area (Å²) in [5, 5.41) is 7.55. The number of amides is 2. The zero-order chi connectivity index (χ0) is 18.7. The molecule has 1 aliphatic heterocycles. The first-order valence-corrected chi connectivity index (χ1v) is 9.28. The Hall–Kier alpha value is -2.35. The van der Waals surface area contributed by atoms with Gasteiger partial charge in [-0.25, -0.2) is 14.5 Å². The smallest absolute Gasteiger partial charge is 0.323 e. The minimum absolute atomic E-state index is 0.0499. The van der Waals surface area contributed by atoms with E-state index < -0.39 is 0 Å². The van der Waals surface area contributed by atoms with Gasteiger partial charge in [0.15, 0.2) is 0 Å². The molecule has 1 N–H and O–H groups in total. The number of aromatic nitrogens is 4. The quantitative estimate of drug-likeness (QED) is 0.889. The van der Waals surface area contributed by atoms with Gasteiger partial charge in [0.2, 0.25) is 0 Å². The lowest BCUT2D eigenvalue weighted by Crippen LogP contribution is -2.50. The van der Waals surface area contributed by atoms with E-state index in [1.165, 1.54) is 0 Å². The van der Waals surface area contributed by atoms with Crippen molar-refractivity contribution in [3.8, 4) is 0 Å². The number of imidazole rings is 1. The van der Waals surface area contributed by atoms with Crippen LogP contribution >= 0.6 is 0 Å². The van der Waals surface area contributed by atoms with Crippen LogP contribution in [0.3, 0.4) is 0 Å². The van der Waals surface area contributed by atoms with Gasteiger partial charge in [0.1, 0.15) is 11.6 Å². The van der Waals surface area contributed by atoms with E-state index in [2.05, 4.69) is 34.1 Å². The summed E-state index contributed by atoms with van der Waals surface area (Å²) in [7, 11) is 2.01. The summed E-state index contributed by atoms with van der Waals surface area (Å²) in [4.78, 5) is 21.2. The standard InChI is InChI=1S/C18H29N7O/c1-5-15(3)25-16(12-14(2)21-25)20-18(26)24-10-8-23(9-11-24)13-17-19-6-7-22(17)4/h6-7,12,15H,5,8-11,13H2,1-4H3,(H,20,26). The molecule has 3 heterocycles. The molecule has 0 aromatic carbocycles. The van der Waals surface area contributed by atoms with Crippen LogP contribution in [0.1, 0.15) is 37.8 Å². The van der Waals surface area contributed by atoms with Crippen LogP contribution in [0.15, 0.2) is 18.5 Å². The van der Waals surface area contributed by atoms with Crippen LogP contribution in [0.25, 0.3) is 0 Å². The third-order valence-electron chi connectivity index (χ3n) is 5.05. The Morgan fingerprint density at radius 3 is 2.65 bits per heavy atom. The molecule has 2 aromatic heterocycles. The minimum atomic E-state index is -0.0499. The van der Waals surface area contributed by atoms with Crippen LogP contribution in [0.4, 0.5) is 10.6 Å². The van der Waals surface area contributed by atoms with Gasteiger partial charge in [-0.1, -0.05) is 6.92 Å². The van der Waals surface area contributed by atoms with Gasteiger partial charge in [0, 0.05) is 51.7 Å². The lowest BCUT2D eigenvalue weighted by atomic mass is 10.3. The summed E-state index contributed by atoms with van der Waals surface area (Å²) < 4.78 is 3.95. The van der Waals surface area contributed by atoms with Crippen molar-refractivity contribution in [1.82, 2.24) is 29.1 Å². The number of hydrogen-bond donors (Lipinski definition) is 1. The summed E-state index contributed by atoms with van der Waals surface area (Å²) in [5.41, 5.74) is 0.917. The zero-order valence-electron chi connectivity index (χ0n) is 16.1. The average molecular weight is 359 g/mol. The van der Waals surface area contributed by atoms with Crippen LogP contribution in [-0.4, -0.2) is 61.3 Å². The fraction of sp³-hybridized carbons (Fsp3) is 0.611. The van der Waals surface area contributed by atoms with Crippen LogP contribution in [0.2, 0.25) is 0 Å². The van der Waals surface area contributed by atoms with Crippen LogP contribution in [0.5, 0.6) is 0 Å². The van der Waals surface area contributed by atoms with Gasteiger partial charge in [-0.15, -0.1) is 0 Å². The fourth-order valence-corrected chi connectivity index (χ4v) is 3.17. The number of anilines is 1. The summed E-state index contributed by atoms with van der Waals surface area (Å²) >= 11 is 0. The predicted octanol–water partition coefficient (Wildman–Crippen LogP) is 2.25. The monoisotopic (exact) mass is 359 g/mol. The van der Waals surface area contributed by atoms with E-state index in [4.69, 9.17) is 0 Å². The molecule has 142 valence electrons. The van der Waals surface area contributed by atoms with Crippen molar-refractivity contribution >= 4 is 11.8 Å². The molecule has 1 atom stereocenters. The zero-order valence-corrected chi connectivity index (χ0v) is 16.1. The number of carbonyl (C=O) groups is 1. The molecule has 1 unspecified atom stereocenters. The highest BCUT2D eigenvalue weighted by molar-refractivity contribution is 5.88. The molecule has 0 radical (unpaired) electrons. The molecule has 0 spiro atoms. The Morgan fingerprint density at radius 2 is 2.04 bits per heavy atom. The van der Waals surface area contributed by atoms with E-state index in [-0.39, 0.29) is 12.1 Å². The van der Waals surface area contributed by atoms with E-state index in [1.54, 1.807) is 0 Å². The predicted molar refractivity (Wildman–Crippen MR) is 101 cm³/mol. The highest BCUT2D eigenvalue weighted by Crippen LogP contribution is 2.19. The highest BCUT2D eigenvalue weighted by atomic mass is 16.2. The number of piperazine rings is 1. The maximum atomic E-state index is 12.7. The van der Waals surface area contributed by atoms with E-state index in [0.717, 1.165) is 43.4 Å². The summed E-state index contributed by atoms with van der Waals surface area (Å²) in [6.45, 7) is 10.1. The van der Waals surface area contributed by atoms with E-state index in [9.17, 15) is 4.79 Å². The Labute approximate surface area is 154 Å². The van der Waals surface area contributed by atoms with Gasteiger partial charge >= 0.3 is 6.03 Å². The first-order valence-electron chi connectivity index (χ1n) is 9.28. The number of rotatable bonds is 5. The lowest BCUT2D eigenvalue weighted by molar-refractivity contribution is 0.140. The second kappa shape index (κ2) is 7.90. The summed E-state index contributed by atoms with van der Waals surface area (Å²) in [6, 6.07) is 2.14. The number of hydrogen-bond acceptors (Lipinski definition) is 4. The van der Waals surface area contributed by atoms with Crippen LogP contribution in [-0.2, 0) is 13.6 Å². The van der Waals surface area contributed by atoms with Gasteiger partial charge in [-0.2, -0.15) is 5.10 Å². The maximum Gasteiger partial charge on any atom is 0.323 e.